The van der Waals surface area contributed by atoms with Gasteiger partial charge in [0.05, 0.1) is 5.92 Å². The van der Waals surface area contributed by atoms with Crippen molar-refractivity contribution in [2.75, 3.05) is 20.3 Å². The maximum Gasteiger partial charge on any atom is 0.271 e. The van der Waals surface area contributed by atoms with E-state index in [0.717, 1.165) is 75.8 Å². The van der Waals surface area contributed by atoms with Crippen molar-refractivity contribution >= 4 is 47.4 Å². The van der Waals surface area contributed by atoms with Crippen LogP contribution in [0.25, 0.3) is 35.4 Å². The molecule has 2 aliphatic rings. The lowest BCUT2D eigenvalue weighted by Crippen LogP contribution is -2.20. The Morgan fingerprint density at radius 3 is 0.941 bits per heavy atom. The maximum atomic E-state index is 12.4. The standard InChI is InChI=1S/C26H26O.C25H27NO.C24H26O3.C20H22O/c1-3-4-5-21-10-13-23(14-11-21)24-15-17-25(18-16-24)26(27)19-12-22-8-6-20(2)7-9-22;1-3-4-5-20-8-13-24(14-9-20)25(27)15-10-21-6-11-22(12-7-21)23-16-18-26(2)19-17-23;1-3-4-5-19-8-13-22(14-9-19)24(25)15-10-20-6-11-21(12-7-20)23-16-26-18(2)27-17-23;1-3-4-5-17-10-13-19(14-11-17)20(21)15-12-18-8-6-16(2)7-9-18/h6-19H,3-5H2,1-2H3;6-19,23H,3-5H2,1-2H3;6-15,23H,2-5,16-17H2,1H3;6-15H,3-5H2,1-2H3/b19-12+;2*15-10+;15-12+. The van der Waals surface area contributed by atoms with Gasteiger partial charge in [0, 0.05) is 47.6 Å². The molecule has 9 aromatic rings. The highest BCUT2D eigenvalue weighted by Crippen LogP contribution is 2.27. The highest BCUT2D eigenvalue weighted by Gasteiger charge is 2.19. The van der Waals surface area contributed by atoms with E-state index in [-0.39, 0.29) is 29.1 Å². The lowest BCUT2D eigenvalue weighted by Gasteiger charge is -2.25. The lowest BCUT2D eigenvalue weighted by molar-refractivity contribution is -0.0267. The van der Waals surface area contributed by atoms with Crippen LogP contribution in [0, 0.1) is 13.8 Å². The van der Waals surface area contributed by atoms with Crippen molar-refractivity contribution in [2.45, 2.75) is 130 Å². The molecule has 0 bridgehead atoms. The number of allylic oxidation sites excluding steroid dienone is 6. The van der Waals surface area contributed by atoms with E-state index in [0.29, 0.717) is 30.6 Å². The maximum absolute atomic E-state index is 12.4. The molecule has 2 aliphatic heterocycles. The summed E-state index contributed by atoms with van der Waals surface area (Å²) in [5.41, 5.74) is 19.5. The molecular weight excluding hydrogens is 1250 g/mol. The zero-order valence-corrected chi connectivity index (χ0v) is 60.9. The molecule has 0 aromatic heterocycles. The molecule has 102 heavy (non-hydrogen) atoms. The third-order valence-electron chi connectivity index (χ3n) is 18.0. The monoisotopic (exact) mass is 1350 g/mol. The Bertz CT molecular complexity index is 4240. The van der Waals surface area contributed by atoms with E-state index in [9.17, 15) is 19.2 Å². The van der Waals surface area contributed by atoms with Gasteiger partial charge in [0.25, 0.3) is 5.95 Å². The largest absolute Gasteiger partial charge is 0.465 e. The minimum Gasteiger partial charge on any atom is -0.465 e. The van der Waals surface area contributed by atoms with Crippen molar-refractivity contribution in [1.82, 2.24) is 4.90 Å². The summed E-state index contributed by atoms with van der Waals surface area (Å²) >= 11 is 0. The quantitative estimate of drug-likeness (QED) is 0.0374. The molecule has 522 valence electrons. The fraction of sp³-hybridized carbons (Fsp3) is 0.242. The molecule has 0 N–H and O–H groups in total. The van der Waals surface area contributed by atoms with Crippen molar-refractivity contribution in [3.63, 3.8) is 0 Å². The van der Waals surface area contributed by atoms with Gasteiger partial charge in [-0.15, -0.1) is 0 Å². The first-order chi connectivity index (χ1) is 49.6. The van der Waals surface area contributed by atoms with Crippen LogP contribution in [-0.4, -0.2) is 48.3 Å². The predicted octanol–water partition coefficient (Wildman–Crippen LogP) is 23.6. The second-order valence-electron chi connectivity index (χ2n) is 26.3. The van der Waals surface area contributed by atoms with Crippen molar-refractivity contribution in [2.24, 2.45) is 0 Å². The highest BCUT2D eigenvalue weighted by atomic mass is 16.7. The van der Waals surface area contributed by atoms with Gasteiger partial charge in [0.2, 0.25) is 0 Å². The van der Waals surface area contributed by atoms with Crippen molar-refractivity contribution in [3.8, 4) is 11.1 Å². The number of ketones is 4. The van der Waals surface area contributed by atoms with Crippen LogP contribution in [-0.2, 0) is 35.2 Å². The van der Waals surface area contributed by atoms with E-state index in [4.69, 9.17) is 9.47 Å². The van der Waals surface area contributed by atoms with E-state index in [2.05, 4.69) is 170 Å². The zero-order valence-electron chi connectivity index (χ0n) is 60.9. The number of ether oxygens (including phenoxy) is 2. The fourth-order valence-electron chi connectivity index (χ4n) is 11.3. The Morgan fingerprint density at radius 2 is 0.637 bits per heavy atom. The molecule has 11 rings (SSSR count). The zero-order chi connectivity index (χ0) is 72.3. The van der Waals surface area contributed by atoms with Gasteiger partial charge in [0.15, 0.2) is 23.1 Å². The second-order valence-corrected chi connectivity index (χ2v) is 26.3. The number of hydrogen-bond donors (Lipinski definition) is 0. The predicted molar refractivity (Wildman–Crippen MR) is 427 cm³/mol. The summed E-state index contributed by atoms with van der Waals surface area (Å²) < 4.78 is 10.7. The Morgan fingerprint density at radius 1 is 0.373 bits per heavy atom. The summed E-state index contributed by atoms with van der Waals surface area (Å²) in [5, 5.41) is 0. The number of nitrogens with zero attached hydrogens (tertiary/aromatic N) is 1. The number of unbranched alkanes of at least 4 members (excludes halogenated alkanes) is 4. The van der Waals surface area contributed by atoms with Crippen molar-refractivity contribution in [3.05, 3.63) is 369 Å². The number of rotatable bonds is 27. The molecule has 9 aromatic carbocycles. The summed E-state index contributed by atoms with van der Waals surface area (Å²) in [7, 11) is 2.02. The normalized spacial score (nSPS) is 12.9. The number of carbonyl (C=O) groups excluding carboxylic acids is 4. The highest BCUT2D eigenvalue weighted by molar-refractivity contribution is 6.08. The Labute approximate surface area is 608 Å². The average molecular weight is 1350 g/mol. The lowest BCUT2D eigenvalue weighted by atomic mass is 9.96. The Hall–Kier alpha value is -10.8. The van der Waals surface area contributed by atoms with E-state index >= 15 is 0 Å². The van der Waals surface area contributed by atoms with Crippen LogP contribution >= 0.6 is 0 Å². The van der Waals surface area contributed by atoms with E-state index in [1.165, 1.54) is 95.9 Å². The third kappa shape index (κ3) is 26.1. The van der Waals surface area contributed by atoms with Crippen LogP contribution in [0.5, 0.6) is 0 Å². The van der Waals surface area contributed by atoms with Crippen LogP contribution in [0.3, 0.4) is 0 Å². The van der Waals surface area contributed by atoms with Gasteiger partial charge >= 0.3 is 0 Å². The van der Waals surface area contributed by atoms with Gasteiger partial charge in [-0.1, -0.05) is 319 Å². The van der Waals surface area contributed by atoms with Crippen molar-refractivity contribution < 1.29 is 28.7 Å². The molecule has 1 saturated heterocycles. The summed E-state index contributed by atoms with van der Waals surface area (Å²) in [6.45, 7) is 17.7. The Kier molecular flexibility index (Phi) is 31.5. The molecule has 0 radical (unpaired) electrons. The molecule has 0 aliphatic carbocycles. The smallest absolute Gasteiger partial charge is 0.271 e. The minimum atomic E-state index is 0.0220. The third-order valence-corrected chi connectivity index (χ3v) is 18.0. The summed E-state index contributed by atoms with van der Waals surface area (Å²) in [6, 6.07) is 73.2. The summed E-state index contributed by atoms with van der Waals surface area (Å²) in [6.07, 6.45) is 36.5. The molecule has 0 amide bonds. The molecule has 7 nitrogen and oxygen atoms in total. The molecule has 1 fully saturated rings. The van der Waals surface area contributed by atoms with E-state index in [1.807, 2.05) is 158 Å². The molecule has 7 heteroatoms. The van der Waals surface area contributed by atoms with Crippen molar-refractivity contribution in [1.29, 1.82) is 0 Å². The van der Waals surface area contributed by atoms with E-state index < -0.39 is 0 Å². The molecule has 0 unspecified atom stereocenters. The van der Waals surface area contributed by atoms with Crippen LogP contribution in [0.1, 0.15) is 199 Å². The number of benzene rings is 9. The number of carbonyl (C=O) groups is 4. The summed E-state index contributed by atoms with van der Waals surface area (Å²) in [4.78, 5) is 51.3. The second kappa shape index (κ2) is 41.7. The first-order valence-corrected chi connectivity index (χ1v) is 36.4. The van der Waals surface area contributed by atoms with Crippen LogP contribution in [0.15, 0.2) is 280 Å². The molecular formula is C95H101NO6. The minimum absolute atomic E-state index is 0.0220. The SMILES string of the molecule is C=C1OCC(c2ccc(/C=C/C(=O)c3ccc(CCCC)cc3)cc2)CO1.CCCCc1ccc(-c2ccc(C(=O)/C=C/c3ccc(C)cc3)cc2)cc1.CCCCc1ccc(C(=O)/C=C/c2ccc(C)cc2)cc1.CCCCc1ccc(C(=O)/C=C/c2ccc(C3C=CN(C)C=C3)cc2)cc1. The van der Waals surface area contributed by atoms with Crippen LogP contribution < -0.4 is 0 Å². The molecule has 0 saturated carbocycles. The van der Waals surface area contributed by atoms with Gasteiger partial charge in [-0.3, -0.25) is 19.2 Å². The molecule has 0 spiro atoms. The van der Waals surface area contributed by atoms with Gasteiger partial charge in [-0.2, -0.15) is 0 Å². The fourth-order valence-corrected chi connectivity index (χ4v) is 11.3. The number of aryl methyl sites for hydroxylation is 6. The first-order valence-electron chi connectivity index (χ1n) is 36.4. The molecule has 2 heterocycles. The molecule has 0 atom stereocenters. The van der Waals surface area contributed by atoms with Crippen LogP contribution in [0.4, 0.5) is 0 Å². The Balaban J connectivity index is 0.000000173. The topological polar surface area (TPSA) is 90.0 Å². The van der Waals surface area contributed by atoms with Gasteiger partial charge in [-0.05, 0) is 163 Å². The van der Waals surface area contributed by atoms with Crippen LogP contribution in [0.2, 0.25) is 0 Å². The van der Waals surface area contributed by atoms with Gasteiger partial charge < -0.3 is 14.4 Å². The summed E-state index contributed by atoms with van der Waals surface area (Å²) in [5.74, 6) is 1.06. The van der Waals surface area contributed by atoms with Gasteiger partial charge in [-0.25, -0.2) is 0 Å². The van der Waals surface area contributed by atoms with E-state index in [1.54, 1.807) is 24.3 Å². The average Bonchev–Trinajstić information content (AvgIpc) is 0.862. The first kappa shape index (κ1) is 77.0. The number of hydrogen-bond acceptors (Lipinski definition) is 7. The van der Waals surface area contributed by atoms with Gasteiger partial charge in [0.1, 0.15) is 13.2 Å².